The Morgan fingerprint density at radius 1 is 1.14 bits per heavy atom. The molecular weight excluding hydrogens is 366 g/mol. The molecule has 0 aromatic heterocycles. The Labute approximate surface area is 171 Å². The molecule has 1 atom stereocenters. The predicted molar refractivity (Wildman–Crippen MR) is 122 cm³/mol. The minimum Gasteiger partial charge on any atom is -0.378 e. The van der Waals surface area contributed by atoms with Gasteiger partial charge in [-0.05, 0) is 65.6 Å². The summed E-state index contributed by atoms with van der Waals surface area (Å²) in [5.41, 5.74) is 4.93. The van der Waals surface area contributed by atoms with E-state index >= 15 is 0 Å². The number of methoxy groups -OCH3 is 1. The largest absolute Gasteiger partial charge is 0.378 e. The van der Waals surface area contributed by atoms with E-state index in [1.807, 2.05) is 19.2 Å². The Bertz CT molecular complexity index is 836. The maximum atomic E-state index is 14.7. The molecule has 1 unspecified atom stereocenters. The number of rotatable bonds is 7. The van der Waals surface area contributed by atoms with Crippen LogP contribution in [0.3, 0.4) is 0 Å². The van der Waals surface area contributed by atoms with Gasteiger partial charge in [0.2, 0.25) is 0 Å². The Kier molecular flexibility index (Phi) is 7.07. The van der Waals surface area contributed by atoms with Gasteiger partial charge >= 0.3 is 0 Å². The van der Waals surface area contributed by atoms with E-state index in [1.54, 1.807) is 6.07 Å². The molecule has 1 aliphatic carbocycles. The average molecular weight is 399 g/mol. The maximum absolute atomic E-state index is 14.7. The van der Waals surface area contributed by atoms with Crippen LogP contribution in [0.2, 0.25) is 0 Å². The number of halogens is 1. The van der Waals surface area contributed by atoms with Gasteiger partial charge in [0.05, 0.1) is 5.60 Å². The summed E-state index contributed by atoms with van der Waals surface area (Å²) < 4.78 is 20.7. The van der Waals surface area contributed by atoms with Crippen LogP contribution in [0.25, 0.3) is 16.7 Å². The molecule has 0 spiro atoms. The zero-order valence-corrected chi connectivity index (χ0v) is 18.4. The Balaban J connectivity index is 1.93. The van der Waals surface area contributed by atoms with Crippen molar-refractivity contribution in [2.45, 2.75) is 57.5 Å². The fourth-order valence-corrected chi connectivity index (χ4v) is 4.82. The summed E-state index contributed by atoms with van der Waals surface area (Å²) in [5, 5.41) is 1.05. The van der Waals surface area contributed by atoms with Gasteiger partial charge in [0.25, 0.3) is 0 Å². The van der Waals surface area contributed by atoms with E-state index in [4.69, 9.17) is 4.74 Å². The van der Waals surface area contributed by atoms with Gasteiger partial charge in [-0.25, -0.2) is 4.39 Å². The van der Waals surface area contributed by atoms with Crippen molar-refractivity contribution in [3.8, 4) is 11.1 Å². The van der Waals surface area contributed by atoms with Crippen molar-refractivity contribution in [1.29, 1.82) is 0 Å². The number of ether oxygens (including phenoxy) is 1. The average Bonchev–Trinajstić information content (AvgIpc) is 2.73. The van der Waals surface area contributed by atoms with E-state index in [1.165, 1.54) is 24.8 Å². The van der Waals surface area contributed by atoms with Crippen LogP contribution in [-0.2, 0) is 11.2 Å². The molecule has 3 rings (SSSR count). The van der Waals surface area contributed by atoms with Crippen molar-refractivity contribution < 1.29 is 9.13 Å². The molecule has 0 aliphatic heterocycles. The molecule has 0 amide bonds. The first-order chi connectivity index (χ1) is 13.5. The third kappa shape index (κ3) is 4.73. The second-order valence-corrected chi connectivity index (χ2v) is 9.02. The van der Waals surface area contributed by atoms with Gasteiger partial charge in [-0.3, -0.25) is 0 Å². The molecule has 150 valence electrons. The Morgan fingerprint density at radius 2 is 1.89 bits per heavy atom. The SMILES string of the molecule is C=C(CC1(OC)CCCCC1)c1cc(CC)cc(-c2ccc(PC)cc2F)c1. The maximum Gasteiger partial charge on any atom is 0.131 e. The first-order valence-electron chi connectivity index (χ1n) is 10.3. The van der Waals surface area contributed by atoms with Crippen LogP contribution in [0, 0.1) is 5.82 Å². The third-order valence-corrected chi connectivity index (χ3v) is 7.00. The van der Waals surface area contributed by atoms with Gasteiger partial charge in [0.1, 0.15) is 5.82 Å². The smallest absolute Gasteiger partial charge is 0.131 e. The molecule has 0 radical (unpaired) electrons. The zero-order valence-electron chi connectivity index (χ0n) is 17.4. The second-order valence-electron chi connectivity index (χ2n) is 7.94. The number of hydrogen-bond donors (Lipinski definition) is 0. The summed E-state index contributed by atoms with van der Waals surface area (Å²) in [5.74, 6) is -0.141. The van der Waals surface area contributed by atoms with Crippen molar-refractivity contribution in [3.63, 3.8) is 0 Å². The molecule has 0 N–H and O–H groups in total. The summed E-state index contributed by atoms with van der Waals surface area (Å²) >= 11 is 0. The molecule has 1 saturated carbocycles. The van der Waals surface area contributed by atoms with Crippen LogP contribution in [0.1, 0.15) is 56.6 Å². The molecule has 0 bridgehead atoms. The Hall–Kier alpha value is -1.50. The highest BCUT2D eigenvalue weighted by Crippen LogP contribution is 2.39. The molecule has 0 saturated heterocycles. The molecule has 1 aliphatic rings. The molecule has 2 aromatic carbocycles. The highest BCUT2D eigenvalue weighted by Gasteiger charge is 2.32. The van der Waals surface area contributed by atoms with Crippen molar-refractivity contribution in [2.24, 2.45) is 0 Å². The summed E-state index contributed by atoms with van der Waals surface area (Å²) in [4.78, 5) is 0. The van der Waals surface area contributed by atoms with E-state index < -0.39 is 0 Å². The summed E-state index contributed by atoms with van der Waals surface area (Å²) in [6.07, 6.45) is 7.68. The van der Waals surface area contributed by atoms with Crippen LogP contribution >= 0.6 is 8.58 Å². The van der Waals surface area contributed by atoms with E-state index in [2.05, 4.69) is 38.4 Å². The van der Waals surface area contributed by atoms with Crippen LogP contribution in [0.4, 0.5) is 4.39 Å². The molecule has 2 aromatic rings. The molecule has 1 nitrogen and oxygen atoms in total. The van der Waals surface area contributed by atoms with Crippen molar-refractivity contribution in [3.05, 3.63) is 59.9 Å². The first-order valence-corrected chi connectivity index (χ1v) is 11.8. The fourth-order valence-electron chi connectivity index (χ4n) is 4.30. The van der Waals surface area contributed by atoms with Gasteiger partial charge in [-0.15, -0.1) is 0 Å². The molecular formula is C25H32FOP. The van der Waals surface area contributed by atoms with Gasteiger partial charge in [0, 0.05) is 19.1 Å². The third-order valence-electron chi connectivity index (χ3n) is 6.11. The normalized spacial score (nSPS) is 16.6. The van der Waals surface area contributed by atoms with E-state index in [0.717, 1.165) is 47.7 Å². The minimum absolute atomic E-state index is 0.0906. The van der Waals surface area contributed by atoms with Crippen molar-refractivity contribution in [2.75, 3.05) is 13.8 Å². The standard InChI is InChI=1S/C25H32FOP/c1-5-19-13-20(18(2)17-25(27-3)11-7-6-8-12-25)15-21(14-19)23-10-9-22(28-4)16-24(23)26/h9-10,13-16,28H,2,5-8,11-12,17H2,1,3-4H3. The second kappa shape index (κ2) is 9.33. The van der Waals surface area contributed by atoms with Crippen molar-refractivity contribution >= 4 is 19.5 Å². The highest BCUT2D eigenvalue weighted by atomic mass is 31.1. The van der Waals surface area contributed by atoms with Crippen LogP contribution in [-0.4, -0.2) is 19.4 Å². The van der Waals surface area contributed by atoms with Crippen LogP contribution in [0.5, 0.6) is 0 Å². The lowest BCUT2D eigenvalue weighted by molar-refractivity contribution is -0.0346. The van der Waals surface area contributed by atoms with Crippen molar-refractivity contribution in [1.82, 2.24) is 0 Å². The van der Waals surface area contributed by atoms with E-state index in [9.17, 15) is 4.39 Å². The summed E-state index contributed by atoms with van der Waals surface area (Å²) in [6.45, 7) is 8.61. The lowest BCUT2D eigenvalue weighted by Gasteiger charge is -2.36. The fraction of sp³-hybridized carbons (Fsp3) is 0.440. The van der Waals surface area contributed by atoms with E-state index in [-0.39, 0.29) is 11.4 Å². The number of aryl methyl sites for hydroxylation is 1. The van der Waals surface area contributed by atoms with E-state index in [0.29, 0.717) is 14.1 Å². The topological polar surface area (TPSA) is 9.23 Å². The predicted octanol–water partition coefficient (Wildman–Crippen LogP) is 6.74. The van der Waals surface area contributed by atoms with Gasteiger partial charge < -0.3 is 4.74 Å². The first kappa shape index (κ1) is 21.2. The van der Waals surface area contributed by atoms with Gasteiger partial charge in [-0.1, -0.05) is 65.6 Å². The molecule has 28 heavy (non-hydrogen) atoms. The Morgan fingerprint density at radius 3 is 2.50 bits per heavy atom. The van der Waals surface area contributed by atoms with Gasteiger partial charge in [-0.2, -0.15) is 0 Å². The quantitative estimate of drug-likeness (QED) is 0.469. The van der Waals surface area contributed by atoms with Crippen LogP contribution in [0.15, 0.2) is 43.0 Å². The molecule has 3 heteroatoms. The molecule has 0 heterocycles. The number of hydrogen-bond acceptors (Lipinski definition) is 1. The van der Waals surface area contributed by atoms with Gasteiger partial charge in [0.15, 0.2) is 0 Å². The summed E-state index contributed by atoms with van der Waals surface area (Å²) in [7, 11) is 2.43. The summed E-state index contributed by atoms with van der Waals surface area (Å²) in [6, 6.07) is 12.0. The van der Waals surface area contributed by atoms with Crippen LogP contribution < -0.4 is 5.30 Å². The lowest BCUT2D eigenvalue weighted by Crippen LogP contribution is -2.34. The zero-order chi connectivity index (χ0) is 20.1. The minimum atomic E-state index is -0.141. The molecule has 1 fully saturated rings. The lowest BCUT2D eigenvalue weighted by atomic mass is 9.79. The highest BCUT2D eigenvalue weighted by molar-refractivity contribution is 7.46. The number of benzene rings is 2. The monoisotopic (exact) mass is 398 g/mol.